The minimum atomic E-state index is -0.412. The molecular formula is C27H12Br4N2O3S2. The number of fused-ring (bicyclic) bond motifs is 3. The van der Waals surface area contributed by atoms with E-state index in [9.17, 15) is 14.4 Å². The van der Waals surface area contributed by atoms with Gasteiger partial charge in [-0.05, 0) is 98.8 Å². The van der Waals surface area contributed by atoms with Gasteiger partial charge in [0.25, 0.3) is 11.8 Å². The molecule has 1 aromatic heterocycles. The number of aromatic nitrogens is 1. The fourth-order valence-electron chi connectivity index (χ4n) is 4.25. The smallest absolute Gasteiger partial charge is 0.267 e. The lowest BCUT2D eigenvalue weighted by Gasteiger charge is -2.13. The molecule has 0 fully saturated rings. The average Bonchev–Trinajstić information content (AvgIpc) is 3.45. The Bertz CT molecular complexity index is 1810. The first-order valence-corrected chi connectivity index (χ1v) is 16.0. The van der Waals surface area contributed by atoms with Crippen molar-refractivity contribution in [2.45, 2.75) is 4.34 Å². The molecule has 0 atom stereocenters. The van der Waals surface area contributed by atoms with E-state index in [1.54, 1.807) is 18.2 Å². The van der Waals surface area contributed by atoms with Crippen molar-refractivity contribution >= 4 is 131 Å². The summed E-state index contributed by atoms with van der Waals surface area (Å²) in [4.78, 5) is 45.3. The van der Waals surface area contributed by atoms with Crippen LogP contribution in [0.25, 0.3) is 21.0 Å². The lowest BCUT2D eigenvalue weighted by Crippen LogP contribution is -2.29. The van der Waals surface area contributed by atoms with Gasteiger partial charge in [-0.25, -0.2) is 9.88 Å². The summed E-state index contributed by atoms with van der Waals surface area (Å²) in [5.41, 5.74) is 2.46. The molecule has 0 radical (unpaired) electrons. The molecule has 0 saturated carbocycles. The quantitative estimate of drug-likeness (QED) is 0.0584. The van der Waals surface area contributed by atoms with Crippen molar-refractivity contribution in [3.05, 3.63) is 95.2 Å². The van der Waals surface area contributed by atoms with Gasteiger partial charge in [-0.2, -0.15) is 0 Å². The molecule has 5 nitrogen and oxygen atoms in total. The first-order chi connectivity index (χ1) is 18.2. The van der Waals surface area contributed by atoms with Gasteiger partial charge in [0.15, 0.2) is 10.1 Å². The zero-order valence-electron chi connectivity index (χ0n) is 18.9. The second-order valence-electron chi connectivity index (χ2n) is 8.36. The predicted molar refractivity (Wildman–Crippen MR) is 167 cm³/mol. The number of hydrogen-bond acceptors (Lipinski definition) is 6. The highest BCUT2D eigenvalue weighted by atomic mass is 79.9. The van der Waals surface area contributed by atoms with E-state index in [4.69, 9.17) is 0 Å². The van der Waals surface area contributed by atoms with Crippen LogP contribution in [0.5, 0.6) is 0 Å². The number of benzene rings is 4. The van der Waals surface area contributed by atoms with Gasteiger partial charge >= 0.3 is 0 Å². The third-order valence-electron chi connectivity index (χ3n) is 6.11. The number of carbonyl (C=O) groups excluding carboxylic acids is 3. The van der Waals surface area contributed by atoms with Crippen LogP contribution in [0.2, 0.25) is 0 Å². The fraction of sp³-hybridized carbons (Fsp3) is 0.0370. The molecule has 1 aliphatic heterocycles. The molecule has 0 N–H and O–H groups in total. The number of amides is 2. The lowest BCUT2D eigenvalue weighted by molar-refractivity contribution is 0.0924. The lowest BCUT2D eigenvalue weighted by atomic mass is 10.1. The van der Waals surface area contributed by atoms with Crippen LogP contribution < -0.4 is 4.90 Å². The van der Waals surface area contributed by atoms with Crippen molar-refractivity contribution in [2.75, 3.05) is 10.7 Å². The van der Waals surface area contributed by atoms with Crippen molar-refractivity contribution in [1.82, 2.24) is 4.98 Å². The summed E-state index contributed by atoms with van der Waals surface area (Å²) in [5, 5.41) is 2.12. The first kappa shape index (κ1) is 26.3. The number of thiazole rings is 1. The number of ketones is 1. The molecule has 2 heterocycles. The maximum atomic E-state index is 13.3. The summed E-state index contributed by atoms with van der Waals surface area (Å²) in [7, 11) is 0. The number of carbonyl (C=O) groups is 3. The molecule has 2 amide bonds. The Morgan fingerprint density at radius 3 is 2.16 bits per heavy atom. The van der Waals surface area contributed by atoms with E-state index in [1.165, 1.54) is 28.0 Å². The molecule has 0 unspecified atom stereocenters. The van der Waals surface area contributed by atoms with E-state index in [-0.39, 0.29) is 11.5 Å². The van der Waals surface area contributed by atoms with Crippen LogP contribution in [0.15, 0.2) is 82.9 Å². The van der Waals surface area contributed by atoms with Crippen LogP contribution in [0.3, 0.4) is 0 Å². The number of Topliss-reactive ketones (excluding diaryl/α,β-unsaturated/α-hetero) is 1. The summed E-state index contributed by atoms with van der Waals surface area (Å²) in [5.74, 6) is -0.537. The molecule has 11 heteroatoms. The summed E-state index contributed by atoms with van der Waals surface area (Å²) in [6.45, 7) is 0. The molecule has 0 aliphatic carbocycles. The number of anilines is 1. The third-order valence-corrected chi connectivity index (χ3v) is 13.0. The monoisotopic (exact) mass is 792 g/mol. The van der Waals surface area contributed by atoms with Crippen LogP contribution in [0.4, 0.5) is 5.69 Å². The van der Waals surface area contributed by atoms with Gasteiger partial charge < -0.3 is 0 Å². The summed E-state index contributed by atoms with van der Waals surface area (Å²) in [6.07, 6.45) is 0. The highest BCUT2D eigenvalue weighted by Crippen LogP contribution is 2.46. The highest BCUT2D eigenvalue weighted by molar-refractivity contribution is 9.15. The van der Waals surface area contributed by atoms with E-state index in [0.29, 0.717) is 40.3 Å². The van der Waals surface area contributed by atoms with Crippen LogP contribution in [0.1, 0.15) is 31.1 Å². The van der Waals surface area contributed by atoms with E-state index >= 15 is 0 Å². The minimum absolute atomic E-state index is 0.0280. The average molecular weight is 796 g/mol. The summed E-state index contributed by atoms with van der Waals surface area (Å²) in [6, 6.07) is 19.0. The van der Waals surface area contributed by atoms with Gasteiger partial charge in [0, 0.05) is 23.5 Å². The highest BCUT2D eigenvalue weighted by Gasteiger charge is 2.42. The summed E-state index contributed by atoms with van der Waals surface area (Å²) >= 11 is 16.6. The van der Waals surface area contributed by atoms with E-state index in [0.717, 1.165) is 25.3 Å². The van der Waals surface area contributed by atoms with Gasteiger partial charge in [0.2, 0.25) is 0 Å². The fourth-order valence-corrected chi connectivity index (χ4v) is 8.70. The van der Waals surface area contributed by atoms with E-state index < -0.39 is 11.8 Å². The van der Waals surface area contributed by atoms with Gasteiger partial charge in [-0.1, -0.05) is 48.2 Å². The zero-order chi connectivity index (χ0) is 26.7. The Morgan fingerprint density at radius 2 is 1.47 bits per heavy atom. The van der Waals surface area contributed by atoms with Gasteiger partial charge in [0.05, 0.1) is 32.8 Å². The second kappa shape index (κ2) is 10.3. The van der Waals surface area contributed by atoms with Gasteiger partial charge in [-0.3, -0.25) is 14.4 Å². The minimum Gasteiger partial charge on any atom is -0.293 e. The molecule has 0 spiro atoms. The molecular weight excluding hydrogens is 784 g/mol. The molecule has 38 heavy (non-hydrogen) atoms. The Morgan fingerprint density at radius 1 is 0.816 bits per heavy atom. The molecule has 0 saturated heterocycles. The molecule has 5 aromatic rings. The maximum absolute atomic E-state index is 13.3. The van der Waals surface area contributed by atoms with Crippen molar-refractivity contribution in [1.29, 1.82) is 0 Å². The van der Waals surface area contributed by atoms with Crippen LogP contribution in [-0.2, 0) is 0 Å². The molecule has 188 valence electrons. The number of halogens is 4. The topological polar surface area (TPSA) is 67.3 Å². The van der Waals surface area contributed by atoms with Crippen LogP contribution >= 0.6 is 86.8 Å². The van der Waals surface area contributed by atoms with Crippen molar-refractivity contribution in [3.63, 3.8) is 0 Å². The molecule has 4 aromatic carbocycles. The predicted octanol–water partition coefficient (Wildman–Crippen LogP) is 9.28. The van der Waals surface area contributed by atoms with E-state index in [1.807, 2.05) is 42.5 Å². The second-order valence-corrected chi connectivity index (χ2v) is 13.8. The van der Waals surface area contributed by atoms with Crippen LogP contribution in [0, 0.1) is 0 Å². The standard InChI is InChI=1S/C27H12Br4N2O3S2/c28-21-19-20(22(29)24(31)23(21)30)26(36)33(25(19)35)15-7-8-16-18(10-15)38-27(32-16)37-11-17(34)14-6-5-12-3-1-2-4-13(12)9-14/h1-10H,11H2. The zero-order valence-corrected chi connectivity index (χ0v) is 26.9. The molecule has 6 rings (SSSR count). The number of thioether (sulfide) groups is 1. The van der Waals surface area contributed by atoms with Crippen molar-refractivity contribution in [3.8, 4) is 0 Å². The third kappa shape index (κ3) is 4.41. The van der Waals surface area contributed by atoms with E-state index in [2.05, 4.69) is 68.7 Å². The first-order valence-electron chi connectivity index (χ1n) is 11.0. The maximum Gasteiger partial charge on any atom is 0.267 e. The Kier molecular flexibility index (Phi) is 7.11. The Hall–Kier alpha value is -1.89. The van der Waals surface area contributed by atoms with Crippen LogP contribution in [-0.4, -0.2) is 28.3 Å². The van der Waals surface area contributed by atoms with Crippen molar-refractivity contribution < 1.29 is 14.4 Å². The van der Waals surface area contributed by atoms with Crippen molar-refractivity contribution in [2.24, 2.45) is 0 Å². The number of imide groups is 1. The number of hydrogen-bond donors (Lipinski definition) is 0. The Labute approximate surface area is 258 Å². The Balaban J connectivity index is 1.25. The van der Waals surface area contributed by atoms with Gasteiger partial charge in [-0.15, -0.1) is 11.3 Å². The molecule has 1 aliphatic rings. The number of rotatable bonds is 5. The normalized spacial score (nSPS) is 13.1. The molecule has 0 bridgehead atoms. The van der Waals surface area contributed by atoms with Gasteiger partial charge in [0.1, 0.15) is 0 Å². The largest absolute Gasteiger partial charge is 0.293 e. The SMILES string of the molecule is O=C(CSc1nc2ccc(N3C(=O)c4c(Br)c(Br)c(Br)c(Br)c4C3=O)cc2s1)c1ccc2ccccc2c1. The summed E-state index contributed by atoms with van der Waals surface area (Å²) < 4.78 is 3.87. The number of nitrogens with zero attached hydrogens (tertiary/aromatic N) is 2.